The van der Waals surface area contributed by atoms with Gasteiger partial charge in [0.25, 0.3) is 0 Å². The van der Waals surface area contributed by atoms with Crippen molar-refractivity contribution in [3.63, 3.8) is 0 Å². The van der Waals surface area contributed by atoms with Crippen molar-refractivity contribution in [2.24, 2.45) is 0 Å². The number of nitrogens with zero attached hydrogens (tertiary/aromatic N) is 2. The molecule has 3 aromatic carbocycles. The third kappa shape index (κ3) is 2.07. The molecule has 0 saturated carbocycles. The van der Waals surface area contributed by atoms with Gasteiger partial charge in [0.05, 0.1) is 13.3 Å². The van der Waals surface area contributed by atoms with Gasteiger partial charge in [0, 0.05) is 16.3 Å². The highest BCUT2D eigenvalue weighted by molar-refractivity contribution is 6.03. The van der Waals surface area contributed by atoms with E-state index in [4.69, 9.17) is 4.74 Å². The van der Waals surface area contributed by atoms with Gasteiger partial charge in [-0.15, -0.1) is 5.10 Å². The fourth-order valence-corrected chi connectivity index (χ4v) is 2.73. The maximum absolute atomic E-state index is 5.21. The zero-order chi connectivity index (χ0) is 14.9. The second-order valence-electron chi connectivity index (χ2n) is 5.21. The van der Waals surface area contributed by atoms with E-state index in [-0.39, 0.29) is 0 Å². The van der Waals surface area contributed by atoms with E-state index in [0.717, 1.165) is 27.8 Å². The standard InChI is InChI=1S/C19H14N2O/c1-22-17-8-6-13(7-9-17)19-18-11-15-5-3-2-4-14(15)10-16(18)12-20-21-19/h2-12H,1H3. The second kappa shape index (κ2) is 5.11. The van der Waals surface area contributed by atoms with Crippen LogP contribution < -0.4 is 4.74 Å². The molecule has 0 aliphatic rings. The number of aromatic nitrogens is 2. The SMILES string of the molecule is COc1ccc(-c2nncc3cc4ccccc4cc23)cc1. The quantitative estimate of drug-likeness (QED) is 0.510. The van der Waals surface area contributed by atoms with Gasteiger partial charge < -0.3 is 4.74 Å². The van der Waals surface area contributed by atoms with Crippen molar-refractivity contribution in [1.82, 2.24) is 10.2 Å². The van der Waals surface area contributed by atoms with Gasteiger partial charge >= 0.3 is 0 Å². The van der Waals surface area contributed by atoms with Gasteiger partial charge in [-0.25, -0.2) is 0 Å². The Bertz CT molecular complexity index is 962. The van der Waals surface area contributed by atoms with Crippen molar-refractivity contribution in [3.8, 4) is 17.0 Å². The lowest BCUT2D eigenvalue weighted by atomic mass is 10.0. The van der Waals surface area contributed by atoms with Crippen LogP contribution in [0.15, 0.2) is 66.9 Å². The molecule has 0 radical (unpaired) electrons. The van der Waals surface area contributed by atoms with Crippen LogP contribution in [0.3, 0.4) is 0 Å². The molecule has 22 heavy (non-hydrogen) atoms. The molecule has 106 valence electrons. The molecule has 4 aromatic rings. The number of methoxy groups -OCH3 is 1. The topological polar surface area (TPSA) is 35.0 Å². The molecule has 0 fully saturated rings. The van der Waals surface area contributed by atoms with Crippen molar-refractivity contribution in [2.45, 2.75) is 0 Å². The Hall–Kier alpha value is -2.94. The Morgan fingerprint density at radius 1 is 0.818 bits per heavy atom. The summed E-state index contributed by atoms with van der Waals surface area (Å²) >= 11 is 0. The first-order valence-corrected chi connectivity index (χ1v) is 7.14. The molecule has 1 aromatic heterocycles. The molecule has 3 heteroatoms. The summed E-state index contributed by atoms with van der Waals surface area (Å²) in [5.74, 6) is 0.836. The maximum atomic E-state index is 5.21. The smallest absolute Gasteiger partial charge is 0.118 e. The second-order valence-corrected chi connectivity index (χ2v) is 5.21. The normalized spacial score (nSPS) is 11.0. The van der Waals surface area contributed by atoms with Crippen LogP contribution in [0, 0.1) is 0 Å². The van der Waals surface area contributed by atoms with E-state index in [0.29, 0.717) is 0 Å². The van der Waals surface area contributed by atoms with Gasteiger partial charge in [0.15, 0.2) is 0 Å². The first-order valence-electron chi connectivity index (χ1n) is 7.14. The molecular weight excluding hydrogens is 272 g/mol. The van der Waals surface area contributed by atoms with Crippen LogP contribution in [-0.2, 0) is 0 Å². The monoisotopic (exact) mass is 286 g/mol. The first kappa shape index (κ1) is 12.8. The number of hydrogen-bond donors (Lipinski definition) is 0. The molecule has 4 rings (SSSR count). The molecule has 3 nitrogen and oxygen atoms in total. The average molecular weight is 286 g/mol. The van der Waals surface area contributed by atoms with E-state index in [9.17, 15) is 0 Å². The zero-order valence-corrected chi connectivity index (χ0v) is 12.2. The van der Waals surface area contributed by atoms with Gasteiger partial charge in [0.1, 0.15) is 11.4 Å². The largest absolute Gasteiger partial charge is 0.497 e. The Balaban J connectivity index is 1.98. The third-order valence-electron chi connectivity index (χ3n) is 3.89. The van der Waals surface area contributed by atoms with E-state index in [1.54, 1.807) is 7.11 Å². The average Bonchev–Trinajstić information content (AvgIpc) is 2.59. The Kier molecular flexibility index (Phi) is 2.97. The maximum Gasteiger partial charge on any atom is 0.118 e. The summed E-state index contributed by atoms with van der Waals surface area (Å²) in [5.41, 5.74) is 1.93. The predicted molar refractivity (Wildman–Crippen MR) is 89.0 cm³/mol. The van der Waals surface area contributed by atoms with Gasteiger partial charge in [-0.1, -0.05) is 24.3 Å². The van der Waals surface area contributed by atoms with Crippen LogP contribution in [0.5, 0.6) is 5.75 Å². The number of benzene rings is 3. The molecule has 0 spiro atoms. The van der Waals surface area contributed by atoms with Gasteiger partial charge in [-0.05, 0) is 47.2 Å². The van der Waals surface area contributed by atoms with Crippen LogP contribution in [0.1, 0.15) is 0 Å². The molecule has 0 N–H and O–H groups in total. The molecule has 0 bridgehead atoms. The van der Waals surface area contributed by atoms with Crippen molar-refractivity contribution in [3.05, 3.63) is 66.9 Å². The van der Waals surface area contributed by atoms with Gasteiger partial charge in [-0.3, -0.25) is 0 Å². The highest BCUT2D eigenvalue weighted by atomic mass is 16.5. The van der Waals surface area contributed by atoms with Crippen molar-refractivity contribution >= 4 is 21.5 Å². The summed E-state index contributed by atoms with van der Waals surface area (Å²) < 4.78 is 5.21. The minimum atomic E-state index is 0.836. The fourth-order valence-electron chi connectivity index (χ4n) is 2.73. The molecule has 0 atom stereocenters. The minimum Gasteiger partial charge on any atom is -0.497 e. The number of rotatable bonds is 2. The molecule has 0 unspecified atom stereocenters. The molecule has 0 aliphatic heterocycles. The number of hydrogen-bond acceptors (Lipinski definition) is 3. The summed E-state index contributed by atoms with van der Waals surface area (Å²) in [6, 6.07) is 20.6. The molecule has 0 amide bonds. The predicted octanol–water partition coefficient (Wildman–Crippen LogP) is 4.46. The summed E-state index contributed by atoms with van der Waals surface area (Å²) in [6.45, 7) is 0. The molecular formula is C19H14N2O. The summed E-state index contributed by atoms with van der Waals surface area (Å²) in [4.78, 5) is 0. The lowest BCUT2D eigenvalue weighted by Gasteiger charge is -2.07. The van der Waals surface area contributed by atoms with E-state index >= 15 is 0 Å². The van der Waals surface area contributed by atoms with Crippen molar-refractivity contribution in [1.29, 1.82) is 0 Å². The number of ether oxygens (including phenoxy) is 1. The van der Waals surface area contributed by atoms with E-state index in [2.05, 4.69) is 40.5 Å². The number of fused-ring (bicyclic) bond motifs is 2. The van der Waals surface area contributed by atoms with Crippen molar-refractivity contribution < 1.29 is 4.74 Å². The summed E-state index contributed by atoms with van der Waals surface area (Å²) in [5, 5.41) is 13.1. The Labute approximate surface area is 128 Å². The zero-order valence-electron chi connectivity index (χ0n) is 12.2. The van der Waals surface area contributed by atoms with Gasteiger partial charge in [-0.2, -0.15) is 5.10 Å². The summed E-state index contributed by atoms with van der Waals surface area (Å²) in [7, 11) is 1.67. The van der Waals surface area contributed by atoms with Crippen LogP contribution in [0.2, 0.25) is 0 Å². The highest BCUT2D eigenvalue weighted by Crippen LogP contribution is 2.30. The lowest BCUT2D eigenvalue weighted by Crippen LogP contribution is -1.90. The van der Waals surface area contributed by atoms with Crippen LogP contribution >= 0.6 is 0 Å². The highest BCUT2D eigenvalue weighted by Gasteiger charge is 2.08. The lowest BCUT2D eigenvalue weighted by molar-refractivity contribution is 0.415. The van der Waals surface area contributed by atoms with Crippen LogP contribution in [0.25, 0.3) is 32.8 Å². The van der Waals surface area contributed by atoms with E-state index in [1.165, 1.54) is 10.8 Å². The Morgan fingerprint density at radius 2 is 1.55 bits per heavy atom. The van der Waals surface area contributed by atoms with E-state index in [1.807, 2.05) is 36.5 Å². The first-order chi connectivity index (χ1) is 10.8. The molecule has 0 saturated heterocycles. The third-order valence-corrected chi connectivity index (χ3v) is 3.89. The van der Waals surface area contributed by atoms with E-state index < -0.39 is 0 Å². The van der Waals surface area contributed by atoms with Gasteiger partial charge in [0.2, 0.25) is 0 Å². The fraction of sp³-hybridized carbons (Fsp3) is 0.0526. The Morgan fingerprint density at radius 3 is 2.27 bits per heavy atom. The summed E-state index contributed by atoms with van der Waals surface area (Å²) in [6.07, 6.45) is 1.81. The minimum absolute atomic E-state index is 0.836. The van der Waals surface area contributed by atoms with Crippen LogP contribution in [0.4, 0.5) is 0 Å². The molecule has 0 aliphatic carbocycles. The molecule has 1 heterocycles. The van der Waals surface area contributed by atoms with Crippen molar-refractivity contribution in [2.75, 3.05) is 7.11 Å². The van der Waals surface area contributed by atoms with Crippen LogP contribution in [-0.4, -0.2) is 17.3 Å².